The first-order valence-electron chi connectivity index (χ1n) is 7.69. The molecular weight excluding hydrogens is 248 g/mol. The second-order valence-electron chi connectivity index (χ2n) is 4.35. The van der Waals surface area contributed by atoms with Crippen LogP contribution in [0.25, 0.3) is 0 Å². The van der Waals surface area contributed by atoms with Crippen molar-refractivity contribution >= 4 is 0 Å². The van der Waals surface area contributed by atoms with E-state index in [1.54, 1.807) is 0 Å². The summed E-state index contributed by atoms with van der Waals surface area (Å²) in [6, 6.07) is 0. The standard InChI is InChI=1S/C16H32N4/c1-3-17-11-5-7-13-19-15-9-10-16-20-14-8-6-12-18-4-2/h5-10,17-20H,3-4,11-16H2,1-2H3/b7-5-,8-6-,10-9-. The van der Waals surface area contributed by atoms with Crippen LogP contribution in [0.15, 0.2) is 36.5 Å². The maximum absolute atomic E-state index is 3.34. The number of likely N-dealkylation sites (N-methyl/N-ethyl adjacent to an activating group) is 2. The Balaban J connectivity index is 3.20. The fraction of sp³-hybridized carbons (Fsp3) is 0.625. The van der Waals surface area contributed by atoms with E-state index in [0.29, 0.717) is 0 Å². The molecule has 0 heterocycles. The largest absolute Gasteiger partial charge is 0.314 e. The quantitative estimate of drug-likeness (QED) is 0.284. The van der Waals surface area contributed by atoms with E-state index < -0.39 is 0 Å². The highest BCUT2D eigenvalue weighted by Crippen LogP contribution is 1.74. The Morgan fingerprint density at radius 1 is 0.450 bits per heavy atom. The van der Waals surface area contributed by atoms with E-state index in [1.807, 2.05) is 0 Å². The third-order valence-corrected chi connectivity index (χ3v) is 2.57. The monoisotopic (exact) mass is 280 g/mol. The van der Waals surface area contributed by atoms with Crippen LogP contribution in [-0.4, -0.2) is 52.4 Å². The van der Waals surface area contributed by atoms with Crippen LogP contribution in [-0.2, 0) is 0 Å². The van der Waals surface area contributed by atoms with E-state index >= 15 is 0 Å². The molecule has 0 rings (SSSR count). The summed E-state index contributed by atoms with van der Waals surface area (Å²) in [4.78, 5) is 0. The third kappa shape index (κ3) is 17.1. The molecule has 0 aliphatic rings. The highest BCUT2D eigenvalue weighted by molar-refractivity contribution is 4.91. The lowest BCUT2D eigenvalue weighted by atomic mass is 10.4. The summed E-state index contributed by atoms with van der Waals surface area (Å²) in [5.41, 5.74) is 0. The molecule has 0 spiro atoms. The van der Waals surface area contributed by atoms with Crippen LogP contribution in [0.2, 0.25) is 0 Å². The molecule has 0 aliphatic carbocycles. The number of rotatable bonds is 14. The highest BCUT2D eigenvalue weighted by atomic mass is 14.9. The first-order valence-corrected chi connectivity index (χ1v) is 7.69. The van der Waals surface area contributed by atoms with Crippen molar-refractivity contribution in [1.82, 2.24) is 21.3 Å². The predicted octanol–water partition coefficient (Wildman–Crippen LogP) is 1.05. The lowest BCUT2D eigenvalue weighted by Crippen LogP contribution is -2.17. The predicted molar refractivity (Wildman–Crippen MR) is 90.2 cm³/mol. The van der Waals surface area contributed by atoms with Crippen LogP contribution >= 0.6 is 0 Å². The summed E-state index contributed by atoms with van der Waals surface area (Å²) < 4.78 is 0. The summed E-state index contributed by atoms with van der Waals surface area (Å²) in [7, 11) is 0. The van der Waals surface area contributed by atoms with E-state index in [9.17, 15) is 0 Å². The van der Waals surface area contributed by atoms with Crippen molar-refractivity contribution in [3.8, 4) is 0 Å². The SMILES string of the molecule is CCNC/C=C\CNC/C=C\CNC/C=C\CNCC. The lowest BCUT2D eigenvalue weighted by molar-refractivity contribution is 0.787. The highest BCUT2D eigenvalue weighted by Gasteiger charge is 1.80. The molecule has 4 N–H and O–H groups in total. The molecule has 0 saturated heterocycles. The van der Waals surface area contributed by atoms with E-state index in [0.717, 1.165) is 52.4 Å². The van der Waals surface area contributed by atoms with E-state index in [2.05, 4.69) is 71.6 Å². The molecule has 20 heavy (non-hydrogen) atoms. The second-order valence-corrected chi connectivity index (χ2v) is 4.35. The molecule has 0 aromatic rings. The zero-order valence-corrected chi connectivity index (χ0v) is 13.1. The van der Waals surface area contributed by atoms with Gasteiger partial charge in [0, 0.05) is 39.3 Å². The Morgan fingerprint density at radius 2 is 0.700 bits per heavy atom. The van der Waals surface area contributed by atoms with Gasteiger partial charge in [0.05, 0.1) is 0 Å². The second kappa shape index (κ2) is 18.1. The van der Waals surface area contributed by atoms with Gasteiger partial charge in [-0.2, -0.15) is 0 Å². The van der Waals surface area contributed by atoms with Gasteiger partial charge in [-0.3, -0.25) is 0 Å². The molecule has 0 aromatic heterocycles. The molecule has 0 bridgehead atoms. The smallest absolute Gasteiger partial charge is 0.0138 e. The first-order chi connectivity index (χ1) is 9.91. The van der Waals surface area contributed by atoms with Crippen molar-refractivity contribution in [2.24, 2.45) is 0 Å². The summed E-state index contributed by atoms with van der Waals surface area (Å²) >= 11 is 0. The van der Waals surface area contributed by atoms with Crippen molar-refractivity contribution in [1.29, 1.82) is 0 Å². The van der Waals surface area contributed by atoms with Gasteiger partial charge in [0.15, 0.2) is 0 Å². The van der Waals surface area contributed by atoms with Gasteiger partial charge in [-0.15, -0.1) is 0 Å². The van der Waals surface area contributed by atoms with Crippen LogP contribution in [0.4, 0.5) is 0 Å². The topological polar surface area (TPSA) is 48.1 Å². The molecule has 116 valence electrons. The molecule has 0 radical (unpaired) electrons. The molecule has 0 aliphatic heterocycles. The van der Waals surface area contributed by atoms with Gasteiger partial charge < -0.3 is 21.3 Å². The van der Waals surface area contributed by atoms with Crippen molar-refractivity contribution in [3.05, 3.63) is 36.5 Å². The van der Waals surface area contributed by atoms with Crippen LogP contribution in [0.1, 0.15) is 13.8 Å². The molecule has 0 amide bonds. The number of hydrogen-bond donors (Lipinski definition) is 4. The van der Waals surface area contributed by atoms with Crippen molar-refractivity contribution < 1.29 is 0 Å². The molecule has 0 unspecified atom stereocenters. The van der Waals surface area contributed by atoms with Crippen molar-refractivity contribution in [2.75, 3.05) is 52.4 Å². The minimum Gasteiger partial charge on any atom is -0.314 e. The zero-order chi connectivity index (χ0) is 14.7. The molecule has 4 nitrogen and oxygen atoms in total. The van der Waals surface area contributed by atoms with E-state index in [1.165, 1.54) is 0 Å². The Morgan fingerprint density at radius 3 is 0.950 bits per heavy atom. The van der Waals surface area contributed by atoms with Crippen LogP contribution in [0.3, 0.4) is 0 Å². The first kappa shape index (κ1) is 19.1. The third-order valence-electron chi connectivity index (χ3n) is 2.57. The minimum atomic E-state index is 0.920. The van der Waals surface area contributed by atoms with Gasteiger partial charge in [0.1, 0.15) is 0 Å². The fourth-order valence-electron chi connectivity index (χ4n) is 1.46. The van der Waals surface area contributed by atoms with Crippen LogP contribution in [0.5, 0.6) is 0 Å². The Bertz CT molecular complexity index is 233. The summed E-state index contributed by atoms with van der Waals surface area (Å²) in [5.74, 6) is 0. The maximum atomic E-state index is 3.34. The molecule has 4 heteroatoms. The summed E-state index contributed by atoms with van der Waals surface area (Å²) in [5, 5.41) is 13.2. The Hall–Kier alpha value is -0.940. The molecule has 0 fully saturated rings. The fourth-order valence-corrected chi connectivity index (χ4v) is 1.46. The van der Waals surface area contributed by atoms with Gasteiger partial charge in [-0.1, -0.05) is 50.3 Å². The molecule has 0 aromatic carbocycles. The van der Waals surface area contributed by atoms with Crippen LogP contribution in [0, 0.1) is 0 Å². The minimum absolute atomic E-state index is 0.920. The van der Waals surface area contributed by atoms with Crippen molar-refractivity contribution in [3.63, 3.8) is 0 Å². The average molecular weight is 280 g/mol. The molecule has 0 saturated carbocycles. The Labute approximate surface area is 124 Å². The zero-order valence-electron chi connectivity index (χ0n) is 13.1. The van der Waals surface area contributed by atoms with E-state index in [-0.39, 0.29) is 0 Å². The van der Waals surface area contributed by atoms with Crippen molar-refractivity contribution in [2.45, 2.75) is 13.8 Å². The Kier molecular flexibility index (Phi) is 17.2. The average Bonchev–Trinajstić information content (AvgIpc) is 2.47. The summed E-state index contributed by atoms with van der Waals surface area (Å²) in [6.45, 7) is 11.9. The summed E-state index contributed by atoms with van der Waals surface area (Å²) in [6.07, 6.45) is 12.9. The number of hydrogen-bond acceptors (Lipinski definition) is 4. The van der Waals surface area contributed by atoms with Crippen LogP contribution < -0.4 is 21.3 Å². The number of nitrogens with one attached hydrogen (secondary N) is 4. The molecular formula is C16H32N4. The van der Waals surface area contributed by atoms with Gasteiger partial charge in [-0.25, -0.2) is 0 Å². The van der Waals surface area contributed by atoms with Gasteiger partial charge in [0.2, 0.25) is 0 Å². The van der Waals surface area contributed by atoms with Gasteiger partial charge in [-0.05, 0) is 13.1 Å². The lowest BCUT2D eigenvalue weighted by Gasteiger charge is -1.98. The van der Waals surface area contributed by atoms with E-state index in [4.69, 9.17) is 0 Å². The van der Waals surface area contributed by atoms with Gasteiger partial charge >= 0.3 is 0 Å². The maximum Gasteiger partial charge on any atom is 0.0138 e. The normalized spacial score (nSPS) is 12.3. The van der Waals surface area contributed by atoms with Gasteiger partial charge in [0.25, 0.3) is 0 Å². The molecule has 0 atom stereocenters.